The predicted octanol–water partition coefficient (Wildman–Crippen LogP) is 3.61. The molecule has 4 rings (SSSR count). The number of rotatable bonds is 5. The Morgan fingerprint density at radius 1 is 0.939 bits per heavy atom. The highest BCUT2D eigenvalue weighted by Gasteiger charge is 2.27. The quantitative estimate of drug-likeness (QED) is 0.419. The fourth-order valence-electron chi connectivity index (χ4n) is 3.48. The zero-order chi connectivity index (χ0) is 23.8. The van der Waals surface area contributed by atoms with Gasteiger partial charge in [0.25, 0.3) is 11.5 Å². The Hall–Kier alpha value is -3.91. The van der Waals surface area contributed by atoms with Gasteiger partial charge in [-0.3, -0.25) is 9.59 Å². The van der Waals surface area contributed by atoms with Gasteiger partial charge in [0.15, 0.2) is 4.90 Å². The number of benzene rings is 3. The number of aromatic hydroxyl groups is 1. The Morgan fingerprint density at radius 3 is 2.18 bits per heavy atom. The molecule has 0 saturated heterocycles. The molecule has 3 aromatic carbocycles. The number of amides is 1. The van der Waals surface area contributed by atoms with Crippen molar-refractivity contribution in [2.45, 2.75) is 30.2 Å². The van der Waals surface area contributed by atoms with Gasteiger partial charge < -0.3 is 15.4 Å². The van der Waals surface area contributed by atoms with Gasteiger partial charge in [-0.1, -0.05) is 47.5 Å². The fourth-order valence-corrected chi connectivity index (χ4v) is 4.87. The summed E-state index contributed by atoms with van der Waals surface area (Å²) < 4.78 is 26.0. The maximum Gasteiger partial charge on any atom is 0.271 e. The van der Waals surface area contributed by atoms with Gasteiger partial charge in [-0.2, -0.15) is 0 Å². The zero-order valence-corrected chi connectivity index (χ0v) is 18.9. The van der Waals surface area contributed by atoms with E-state index in [1.807, 2.05) is 38.1 Å². The minimum atomic E-state index is -4.25. The first-order valence-corrected chi connectivity index (χ1v) is 11.7. The zero-order valence-electron chi connectivity index (χ0n) is 18.0. The normalized spacial score (nSPS) is 11.5. The molecule has 0 bridgehead atoms. The summed E-state index contributed by atoms with van der Waals surface area (Å²) in [6.07, 6.45) is 0. The Bertz CT molecular complexity index is 1520. The summed E-state index contributed by atoms with van der Waals surface area (Å²) in [4.78, 5) is 26.9. The number of carbonyl (C=O) groups is 1. The minimum Gasteiger partial charge on any atom is -0.506 e. The number of sulfone groups is 1. The van der Waals surface area contributed by atoms with Crippen molar-refractivity contribution in [3.05, 3.63) is 99.3 Å². The van der Waals surface area contributed by atoms with Crippen molar-refractivity contribution in [2.75, 3.05) is 0 Å². The van der Waals surface area contributed by atoms with E-state index in [-0.39, 0.29) is 27.3 Å². The third-order valence-electron chi connectivity index (χ3n) is 5.38. The van der Waals surface area contributed by atoms with Crippen LogP contribution in [0.15, 0.2) is 81.3 Å². The van der Waals surface area contributed by atoms with E-state index >= 15 is 0 Å². The lowest BCUT2D eigenvalue weighted by molar-refractivity contribution is 0.0951. The number of fused-ring (bicyclic) bond motifs is 1. The first kappa shape index (κ1) is 22.3. The first-order valence-electron chi connectivity index (χ1n) is 10.2. The molecule has 0 fully saturated rings. The molecule has 1 heterocycles. The van der Waals surface area contributed by atoms with Crippen LogP contribution in [-0.4, -0.2) is 24.4 Å². The molecule has 4 aromatic rings. The molecule has 0 aliphatic carbocycles. The van der Waals surface area contributed by atoms with Crippen LogP contribution in [0.4, 0.5) is 0 Å². The predicted molar refractivity (Wildman–Crippen MR) is 125 cm³/mol. The molecule has 8 heteroatoms. The number of aromatic nitrogens is 1. The summed E-state index contributed by atoms with van der Waals surface area (Å²) in [5.74, 6) is -1.02. The third-order valence-corrected chi connectivity index (χ3v) is 7.19. The molecule has 1 aromatic heterocycles. The lowest BCUT2D eigenvalue weighted by atomic mass is 10.1. The van der Waals surface area contributed by atoms with Gasteiger partial charge >= 0.3 is 0 Å². The maximum atomic E-state index is 13.0. The van der Waals surface area contributed by atoms with Crippen LogP contribution >= 0.6 is 0 Å². The lowest BCUT2D eigenvalue weighted by Gasteiger charge is -2.10. The Balaban J connectivity index is 1.67. The van der Waals surface area contributed by atoms with Crippen LogP contribution in [0.2, 0.25) is 0 Å². The fraction of sp³-hybridized carbons (Fsp3) is 0.120. The topological polar surface area (TPSA) is 116 Å². The van der Waals surface area contributed by atoms with Crippen LogP contribution in [0.3, 0.4) is 0 Å². The van der Waals surface area contributed by atoms with Crippen molar-refractivity contribution in [2.24, 2.45) is 0 Å². The van der Waals surface area contributed by atoms with Gasteiger partial charge in [-0.25, -0.2) is 8.42 Å². The number of aryl methyl sites for hydroxylation is 2. The number of nitrogens with one attached hydrogen (secondary N) is 2. The molecule has 33 heavy (non-hydrogen) atoms. The van der Waals surface area contributed by atoms with Crippen LogP contribution < -0.4 is 10.9 Å². The second-order valence-electron chi connectivity index (χ2n) is 7.88. The summed E-state index contributed by atoms with van der Waals surface area (Å²) in [7, 11) is -4.25. The first-order chi connectivity index (χ1) is 15.7. The van der Waals surface area contributed by atoms with Crippen molar-refractivity contribution < 1.29 is 18.3 Å². The van der Waals surface area contributed by atoms with E-state index in [2.05, 4.69) is 10.3 Å². The lowest BCUT2D eigenvalue weighted by Crippen LogP contribution is -2.23. The standard InChI is InChI=1S/C25H22N2O5S/c1-15-3-7-17(8-4-15)14-26-24(29)18-9-12-20-21(13-18)27-25(30)23(22(20)28)33(31,32)19-10-5-16(2)6-11-19/h3-13H,14H2,1-2H3,(H,26,29)(H2,27,28,30). The third kappa shape index (κ3) is 4.38. The molecule has 0 aliphatic rings. The average molecular weight is 463 g/mol. The smallest absolute Gasteiger partial charge is 0.271 e. The molecule has 1 amide bonds. The van der Waals surface area contributed by atoms with Gasteiger partial charge in [0.1, 0.15) is 5.75 Å². The van der Waals surface area contributed by atoms with E-state index < -0.39 is 26.0 Å². The number of H-pyrrole nitrogens is 1. The summed E-state index contributed by atoms with van der Waals surface area (Å²) >= 11 is 0. The number of aromatic amines is 1. The number of carbonyl (C=O) groups excluding carboxylic acids is 1. The van der Waals surface area contributed by atoms with E-state index in [4.69, 9.17) is 0 Å². The SMILES string of the molecule is Cc1ccc(CNC(=O)c2ccc3c(O)c(S(=O)(=O)c4ccc(C)cc4)c(=O)[nH]c3c2)cc1. The number of hydrogen-bond acceptors (Lipinski definition) is 5. The molecule has 0 atom stereocenters. The maximum absolute atomic E-state index is 13.0. The molecule has 0 saturated carbocycles. The second kappa shape index (κ2) is 8.55. The van der Waals surface area contributed by atoms with Crippen LogP contribution in [-0.2, 0) is 16.4 Å². The van der Waals surface area contributed by atoms with Crippen molar-refractivity contribution in [1.29, 1.82) is 0 Å². The van der Waals surface area contributed by atoms with Gasteiger partial charge in [0.05, 0.1) is 10.4 Å². The molecule has 0 radical (unpaired) electrons. The molecule has 0 unspecified atom stereocenters. The minimum absolute atomic E-state index is 0.0969. The highest BCUT2D eigenvalue weighted by atomic mass is 32.2. The van der Waals surface area contributed by atoms with Crippen LogP contribution in [0.25, 0.3) is 10.9 Å². The van der Waals surface area contributed by atoms with Crippen molar-refractivity contribution in [3.63, 3.8) is 0 Å². The van der Waals surface area contributed by atoms with Gasteiger partial charge in [-0.15, -0.1) is 0 Å². The average Bonchev–Trinajstić information content (AvgIpc) is 2.78. The summed E-state index contributed by atoms with van der Waals surface area (Å²) in [5, 5.41) is 13.6. The van der Waals surface area contributed by atoms with Crippen LogP contribution in [0.5, 0.6) is 5.75 Å². The van der Waals surface area contributed by atoms with E-state index in [1.165, 1.54) is 30.3 Å². The van der Waals surface area contributed by atoms with Gasteiger partial charge in [0, 0.05) is 17.5 Å². The molecular formula is C25H22N2O5S. The highest BCUT2D eigenvalue weighted by molar-refractivity contribution is 7.91. The monoisotopic (exact) mass is 462 g/mol. The summed E-state index contributed by atoms with van der Waals surface area (Å²) in [6, 6.07) is 18.0. The van der Waals surface area contributed by atoms with E-state index in [0.717, 1.165) is 16.7 Å². The van der Waals surface area contributed by atoms with E-state index in [1.54, 1.807) is 12.1 Å². The second-order valence-corrected chi connectivity index (χ2v) is 9.76. The number of hydrogen-bond donors (Lipinski definition) is 3. The number of pyridine rings is 1. The van der Waals surface area contributed by atoms with E-state index in [9.17, 15) is 23.1 Å². The van der Waals surface area contributed by atoms with Gasteiger partial charge in [0.2, 0.25) is 9.84 Å². The van der Waals surface area contributed by atoms with Crippen molar-refractivity contribution in [1.82, 2.24) is 10.3 Å². The van der Waals surface area contributed by atoms with Crippen LogP contribution in [0.1, 0.15) is 27.0 Å². The Kier molecular flexibility index (Phi) is 5.78. The molecule has 3 N–H and O–H groups in total. The Morgan fingerprint density at radius 2 is 1.55 bits per heavy atom. The van der Waals surface area contributed by atoms with Crippen molar-refractivity contribution >= 4 is 26.6 Å². The molecule has 0 spiro atoms. The van der Waals surface area contributed by atoms with Gasteiger partial charge in [-0.05, 0) is 49.7 Å². The Labute approximate surface area is 190 Å². The largest absolute Gasteiger partial charge is 0.506 e. The summed E-state index contributed by atoms with van der Waals surface area (Å²) in [5.41, 5.74) is 2.37. The summed E-state index contributed by atoms with van der Waals surface area (Å²) in [6.45, 7) is 4.11. The molecular weight excluding hydrogens is 440 g/mol. The van der Waals surface area contributed by atoms with Crippen LogP contribution in [0, 0.1) is 13.8 Å². The van der Waals surface area contributed by atoms with E-state index in [0.29, 0.717) is 6.54 Å². The molecule has 168 valence electrons. The highest BCUT2D eigenvalue weighted by Crippen LogP contribution is 2.32. The van der Waals surface area contributed by atoms with Crippen molar-refractivity contribution in [3.8, 4) is 5.75 Å². The molecule has 0 aliphatic heterocycles. The molecule has 7 nitrogen and oxygen atoms in total.